The summed E-state index contributed by atoms with van der Waals surface area (Å²) in [7, 11) is 0. The molecule has 6 heteroatoms. The lowest BCUT2D eigenvalue weighted by Gasteiger charge is -2.27. The van der Waals surface area contributed by atoms with Gasteiger partial charge in [-0.15, -0.1) is 0 Å². The van der Waals surface area contributed by atoms with Crippen LogP contribution in [0.15, 0.2) is 29.1 Å². The Morgan fingerprint density at radius 2 is 1.95 bits per heavy atom. The van der Waals surface area contributed by atoms with E-state index < -0.39 is 23.1 Å². The van der Waals surface area contributed by atoms with Crippen LogP contribution in [0.2, 0.25) is 0 Å². The highest BCUT2D eigenvalue weighted by Gasteiger charge is 2.55. The van der Waals surface area contributed by atoms with Gasteiger partial charge in [-0.05, 0) is 12.1 Å². The SMILES string of the molecule is CC1(C)c2nc3ccccc3c(=O)n2CC1C(F)(F)F. The Morgan fingerprint density at radius 3 is 2.60 bits per heavy atom. The van der Waals surface area contributed by atoms with Crippen molar-refractivity contribution in [2.45, 2.75) is 32.0 Å². The van der Waals surface area contributed by atoms with Crippen LogP contribution in [0.1, 0.15) is 19.7 Å². The summed E-state index contributed by atoms with van der Waals surface area (Å²) in [6, 6.07) is 6.63. The first-order valence-electron chi connectivity index (χ1n) is 6.29. The van der Waals surface area contributed by atoms with Gasteiger partial charge in [-0.2, -0.15) is 13.2 Å². The number of alkyl halides is 3. The van der Waals surface area contributed by atoms with E-state index in [4.69, 9.17) is 0 Å². The number of aromatic nitrogens is 2. The van der Waals surface area contributed by atoms with Crippen LogP contribution in [0.5, 0.6) is 0 Å². The Balaban J connectivity index is 2.31. The Labute approximate surface area is 113 Å². The van der Waals surface area contributed by atoms with Gasteiger partial charge in [0.2, 0.25) is 0 Å². The minimum Gasteiger partial charge on any atom is -0.295 e. The molecule has 106 valence electrons. The van der Waals surface area contributed by atoms with Gasteiger partial charge in [0, 0.05) is 12.0 Å². The van der Waals surface area contributed by atoms with Gasteiger partial charge in [0.15, 0.2) is 0 Å². The van der Waals surface area contributed by atoms with Gasteiger partial charge in [0.05, 0.1) is 16.8 Å². The Hall–Kier alpha value is -1.85. The molecule has 2 aromatic rings. The Kier molecular flexibility index (Phi) is 2.52. The smallest absolute Gasteiger partial charge is 0.295 e. The lowest BCUT2D eigenvalue weighted by atomic mass is 9.80. The summed E-state index contributed by atoms with van der Waals surface area (Å²) in [5, 5.41) is 0.356. The zero-order valence-corrected chi connectivity index (χ0v) is 11.0. The molecule has 1 unspecified atom stereocenters. The number of fused-ring (bicyclic) bond motifs is 2. The first-order valence-corrected chi connectivity index (χ1v) is 6.29. The van der Waals surface area contributed by atoms with E-state index >= 15 is 0 Å². The van der Waals surface area contributed by atoms with Gasteiger partial charge in [-0.3, -0.25) is 9.36 Å². The molecular weight excluding hydrogens is 269 g/mol. The van der Waals surface area contributed by atoms with Crippen molar-refractivity contribution in [1.29, 1.82) is 0 Å². The molecule has 2 heterocycles. The summed E-state index contributed by atoms with van der Waals surface area (Å²) >= 11 is 0. The van der Waals surface area contributed by atoms with Crippen LogP contribution in [0.25, 0.3) is 10.9 Å². The molecule has 3 rings (SSSR count). The molecule has 20 heavy (non-hydrogen) atoms. The first kappa shape index (κ1) is 13.1. The molecule has 1 atom stereocenters. The third kappa shape index (κ3) is 1.67. The molecule has 0 N–H and O–H groups in total. The van der Waals surface area contributed by atoms with E-state index in [0.29, 0.717) is 10.9 Å². The standard InChI is InChI=1S/C14H13F3N2O/c1-13(2)10(14(15,16)17)7-19-11(20)8-5-3-4-6-9(8)18-12(13)19/h3-6,10H,7H2,1-2H3. The molecule has 0 bridgehead atoms. The van der Waals surface area contributed by atoms with Crippen molar-refractivity contribution >= 4 is 10.9 Å². The van der Waals surface area contributed by atoms with Gasteiger partial charge in [-0.25, -0.2) is 4.98 Å². The quantitative estimate of drug-likeness (QED) is 0.744. The van der Waals surface area contributed by atoms with Crippen molar-refractivity contribution in [3.63, 3.8) is 0 Å². The lowest BCUT2D eigenvalue weighted by molar-refractivity contribution is -0.189. The molecule has 0 fully saturated rings. The van der Waals surface area contributed by atoms with Gasteiger partial charge in [0.25, 0.3) is 5.56 Å². The first-order chi connectivity index (χ1) is 9.23. The number of para-hydroxylation sites is 1. The predicted octanol–water partition coefficient (Wildman–Crippen LogP) is 2.87. The summed E-state index contributed by atoms with van der Waals surface area (Å²) in [6.45, 7) is 2.62. The number of rotatable bonds is 0. The van der Waals surface area contributed by atoms with Gasteiger partial charge in [-0.1, -0.05) is 26.0 Å². The molecule has 1 aromatic heterocycles. The van der Waals surface area contributed by atoms with Crippen LogP contribution in [0, 0.1) is 5.92 Å². The number of hydrogen-bond donors (Lipinski definition) is 0. The fourth-order valence-electron chi connectivity index (χ4n) is 2.91. The van der Waals surface area contributed by atoms with E-state index in [1.165, 1.54) is 18.4 Å². The zero-order valence-electron chi connectivity index (χ0n) is 11.0. The second-order valence-corrected chi connectivity index (χ2v) is 5.68. The molecule has 0 spiro atoms. The molecule has 1 aliphatic heterocycles. The van der Waals surface area contributed by atoms with Crippen molar-refractivity contribution in [1.82, 2.24) is 9.55 Å². The second-order valence-electron chi connectivity index (χ2n) is 5.68. The van der Waals surface area contributed by atoms with E-state index in [0.717, 1.165) is 0 Å². The highest BCUT2D eigenvalue weighted by atomic mass is 19.4. The predicted molar refractivity (Wildman–Crippen MR) is 68.6 cm³/mol. The third-order valence-electron chi connectivity index (χ3n) is 4.07. The normalized spacial score (nSPS) is 21.1. The van der Waals surface area contributed by atoms with Crippen LogP contribution >= 0.6 is 0 Å². The summed E-state index contributed by atoms with van der Waals surface area (Å²) in [5.74, 6) is -1.38. The largest absolute Gasteiger partial charge is 0.394 e. The molecule has 1 aliphatic rings. The molecule has 0 amide bonds. The number of hydrogen-bond acceptors (Lipinski definition) is 2. The number of halogens is 3. The van der Waals surface area contributed by atoms with E-state index in [-0.39, 0.29) is 12.4 Å². The maximum absolute atomic E-state index is 13.2. The molecule has 0 saturated heterocycles. The monoisotopic (exact) mass is 282 g/mol. The maximum Gasteiger partial charge on any atom is 0.394 e. The van der Waals surface area contributed by atoms with E-state index in [1.54, 1.807) is 24.3 Å². The van der Waals surface area contributed by atoms with Crippen molar-refractivity contribution in [2.75, 3.05) is 0 Å². The van der Waals surface area contributed by atoms with E-state index in [2.05, 4.69) is 4.98 Å². The highest BCUT2D eigenvalue weighted by molar-refractivity contribution is 5.77. The lowest BCUT2D eigenvalue weighted by Crippen LogP contribution is -2.36. The minimum absolute atomic E-state index is 0.212. The van der Waals surface area contributed by atoms with E-state index in [9.17, 15) is 18.0 Å². The minimum atomic E-state index is -4.35. The van der Waals surface area contributed by atoms with Gasteiger partial charge < -0.3 is 0 Å². The van der Waals surface area contributed by atoms with Gasteiger partial charge in [0.1, 0.15) is 5.82 Å². The van der Waals surface area contributed by atoms with Crippen LogP contribution in [-0.4, -0.2) is 15.7 Å². The summed E-state index contributed by atoms with van der Waals surface area (Å²) in [5.41, 5.74) is -1.16. The fraction of sp³-hybridized carbons (Fsp3) is 0.429. The van der Waals surface area contributed by atoms with E-state index in [1.807, 2.05) is 0 Å². The number of benzene rings is 1. The zero-order chi connectivity index (χ0) is 14.7. The van der Waals surface area contributed by atoms with Gasteiger partial charge >= 0.3 is 6.18 Å². The summed E-state index contributed by atoms with van der Waals surface area (Å²) in [4.78, 5) is 16.6. The average molecular weight is 282 g/mol. The third-order valence-corrected chi connectivity index (χ3v) is 4.07. The van der Waals surface area contributed by atoms with Crippen molar-refractivity contribution in [3.8, 4) is 0 Å². The Morgan fingerprint density at radius 1 is 1.30 bits per heavy atom. The average Bonchev–Trinajstić information content (AvgIpc) is 2.62. The molecule has 1 aromatic carbocycles. The van der Waals surface area contributed by atoms with Crippen LogP contribution < -0.4 is 5.56 Å². The molecule has 0 radical (unpaired) electrons. The number of nitrogens with zero attached hydrogens (tertiary/aromatic N) is 2. The fourth-order valence-corrected chi connectivity index (χ4v) is 2.91. The summed E-state index contributed by atoms with van der Waals surface area (Å²) < 4.78 is 40.6. The Bertz CT molecular complexity index is 746. The summed E-state index contributed by atoms with van der Waals surface area (Å²) in [6.07, 6.45) is -4.35. The van der Waals surface area contributed by atoms with Crippen molar-refractivity contribution < 1.29 is 13.2 Å². The van der Waals surface area contributed by atoms with Crippen LogP contribution in [-0.2, 0) is 12.0 Å². The topological polar surface area (TPSA) is 34.9 Å². The van der Waals surface area contributed by atoms with Crippen molar-refractivity contribution in [3.05, 3.63) is 40.4 Å². The van der Waals surface area contributed by atoms with Crippen molar-refractivity contribution in [2.24, 2.45) is 5.92 Å². The molecule has 0 saturated carbocycles. The van der Waals surface area contributed by atoms with Crippen LogP contribution in [0.4, 0.5) is 13.2 Å². The second kappa shape index (κ2) is 3.84. The van der Waals surface area contributed by atoms with Crippen LogP contribution in [0.3, 0.4) is 0 Å². The molecular formula is C14H13F3N2O. The molecule has 3 nitrogen and oxygen atoms in total. The molecule has 0 aliphatic carbocycles. The highest BCUT2D eigenvalue weighted by Crippen LogP contribution is 2.46. The maximum atomic E-state index is 13.2.